The fourth-order valence-corrected chi connectivity index (χ4v) is 8.51. The van der Waals surface area contributed by atoms with Crippen molar-refractivity contribution in [1.82, 2.24) is 5.32 Å². The SMILES string of the molecule is CCCCCCCCCCCCCC/C=C\CCCCCCCCCCCC(O)C(=O)NC(CO)C(O)/C=C/CC/C=C/CC/C=C/CCCCCCCCCCCCCCCC. The summed E-state index contributed by atoms with van der Waals surface area (Å²) in [6.07, 6.45) is 70.4. The number of hydrogen-bond acceptors (Lipinski definition) is 4. The molecule has 0 heterocycles. The molecule has 0 saturated heterocycles. The third-order valence-corrected chi connectivity index (χ3v) is 12.9. The Labute approximate surface area is 393 Å². The maximum absolute atomic E-state index is 12.5. The van der Waals surface area contributed by atoms with Gasteiger partial charge >= 0.3 is 0 Å². The van der Waals surface area contributed by atoms with Crippen LogP contribution in [0.1, 0.15) is 290 Å². The maximum atomic E-state index is 12.5. The average Bonchev–Trinajstić information content (AvgIpc) is 3.29. The van der Waals surface area contributed by atoms with Gasteiger partial charge in [0.2, 0.25) is 5.91 Å². The predicted molar refractivity (Wildman–Crippen MR) is 277 cm³/mol. The topological polar surface area (TPSA) is 89.8 Å². The summed E-state index contributed by atoms with van der Waals surface area (Å²) in [5.74, 6) is -0.516. The lowest BCUT2D eigenvalue weighted by atomic mass is 10.0. The summed E-state index contributed by atoms with van der Waals surface area (Å²) in [5, 5.41) is 33.3. The molecule has 0 aromatic carbocycles. The molecule has 0 aliphatic heterocycles. The van der Waals surface area contributed by atoms with Crippen molar-refractivity contribution in [2.75, 3.05) is 6.61 Å². The maximum Gasteiger partial charge on any atom is 0.249 e. The van der Waals surface area contributed by atoms with Crippen molar-refractivity contribution < 1.29 is 20.1 Å². The number of aliphatic hydroxyl groups excluding tert-OH is 3. The first kappa shape index (κ1) is 61.3. The molecule has 0 fully saturated rings. The molecule has 0 saturated carbocycles. The third kappa shape index (κ3) is 48.1. The zero-order valence-electron chi connectivity index (χ0n) is 42.2. The molecular formula is C58H109NO4. The zero-order chi connectivity index (χ0) is 45.8. The molecule has 63 heavy (non-hydrogen) atoms. The molecule has 370 valence electrons. The molecule has 0 aliphatic carbocycles. The molecule has 3 unspecified atom stereocenters. The predicted octanol–water partition coefficient (Wildman–Crippen LogP) is 17.2. The lowest BCUT2D eigenvalue weighted by molar-refractivity contribution is -0.131. The van der Waals surface area contributed by atoms with Crippen molar-refractivity contribution in [3.8, 4) is 0 Å². The van der Waals surface area contributed by atoms with Gasteiger partial charge in [-0.05, 0) is 70.6 Å². The van der Waals surface area contributed by atoms with E-state index >= 15 is 0 Å². The largest absolute Gasteiger partial charge is 0.394 e. The average molecular weight is 885 g/mol. The monoisotopic (exact) mass is 884 g/mol. The van der Waals surface area contributed by atoms with Gasteiger partial charge in [-0.15, -0.1) is 0 Å². The van der Waals surface area contributed by atoms with E-state index in [1.807, 2.05) is 6.08 Å². The Morgan fingerprint density at radius 3 is 0.968 bits per heavy atom. The summed E-state index contributed by atoms with van der Waals surface area (Å²) in [6.45, 7) is 4.19. The second-order valence-corrected chi connectivity index (χ2v) is 19.1. The number of unbranched alkanes of at least 4 members (excludes halogenated alkanes) is 37. The Bertz CT molecular complexity index is 1020. The van der Waals surface area contributed by atoms with Crippen LogP contribution in [0.15, 0.2) is 48.6 Å². The van der Waals surface area contributed by atoms with Gasteiger partial charge in [0, 0.05) is 0 Å². The van der Waals surface area contributed by atoms with Crippen molar-refractivity contribution in [2.24, 2.45) is 0 Å². The van der Waals surface area contributed by atoms with E-state index in [0.717, 1.165) is 44.9 Å². The number of amides is 1. The highest BCUT2D eigenvalue weighted by Crippen LogP contribution is 2.16. The molecule has 0 aromatic heterocycles. The second-order valence-electron chi connectivity index (χ2n) is 19.1. The fourth-order valence-electron chi connectivity index (χ4n) is 8.51. The van der Waals surface area contributed by atoms with E-state index in [-0.39, 0.29) is 6.61 Å². The normalized spacial score (nSPS) is 13.7. The molecule has 3 atom stereocenters. The summed E-state index contributed by atoms with van der Waals surface area (Å²) in [4.78, 5) is 12.5. The highest BCUT2D eigenvalue weighted by atomic mass is 16.3. The van der Waals surface area contributed by atoms with Crippen LogP contribution >= 0.6 is 0 Å². The molecular weight excluding hydrogens is 775 g/mol. The first-order valence-electron chi connectivity index (χ1n) is 28.0. The Balaban J connectivity index is 3.65. The Kier molecular flexibility index (Phi) is 51.5. The number of allylic oxidation sites excluding steroid dienone is 7. The molecule has 0 rings (SSSR count). The Morgan fingerprint density at radius 2 is 0.651 bits per heavy atom. The van der Waals surface area contributed by atoms with E-state index in [4.69, 9.17) is 0 Å². The van der Waals surface area contributed by atoms with Gasteiger partial charge < -0.3 is 20.6 Å². The minimum Gasteiger partial charge on any atom is -0.394 e. The number of carbonyl (C=O) groups excluding carboxylic acids is 1. The van der Waals surface area contributed by atoms with Crippen molar-refractivity contribution in [2.45, 2.75) is 308 Å². The molecule has 1 amide bonds. The standard InChI is InChI=1S/C58H109NO4/c1-3-5-7-9-11-13-15-17-19-21-23-25-27-29-31-33-35-37-39-41-43-45-47-49-51-53-57(62)58(63)59-55(54-60)56(61)52-50-48-46-44-42-40-38-36-34-32-30-28-26-24-22-20-18-16-14-12-10-8-6-4-2/h29,31,34,36,42,44,50,52,55-57,60-62H,3-28,30,32-33,35,37-41,43,45-49,51,53-54H2,1-2H3,(H,59,63)/b31-29-,36-34+,44-42+,52-50+. The van der Waals surface area contributed by atoms with Crippen LogP contribution in [-0.2, 0) is 4.79 Å². The fraction of sp³-hybridized carbons (Fsp3) is 0.845. The van der Waals surface area contributed by atoms with Crippen LogP contribution in [-0.4, -0.2) is 46.1 Å². The molecule has 5 heteroatoms. The van der Waals surface area contributed by atoms with Crippen molar-refractivity contribution in [3.63, 3.8) is 0 Å². The smallest absolute Gasteiger partial charge is 0.249 e. The first-order valence-corrected chi connectivity index (χ1v) is 28.0. The lowest BCUT2D eigenvalue weighted by Gasteiger charge is -2.21. The number of hydrogen-bond donors (Lipinski definition) is 4. The van der Waals surface area contributed by atoms with E-state index in [9.17, 15) is 20.1 Å². The van der Waals surface area contributed by atoms with Gasteiger partial charge in [-0.1, -0.05) is 268 Å². The van der Waals surface area contributed by atoms with Gasteiger partial charge in [0.1, 0.15) is 6.10 Å². The van der Waals surface area contributed by atoms with E-state index in [0.29, 0.717) is 6.42 Å². The van der Waals surface area contributed by atoms with E-state index in [1.165, 1.54) is 225 Å². The van der Waals surface area contributed by atoms with Crippen molar-refractivity contribution >= 4 is 5.91 Å². The van der Waals surface area contributed by atoms with Crippen LogP contribution in [0.3, 0.4) is 0 Å². The van der Waals surface area contributed by atoms with Crippen LogP contribution in [0, 0.1) is 0 Å². The summed E-state index contributed by atoms with van der Waals surface area (Å²) in [5.41, 5.74) is 0. The summed E-state index contributed by atoms with van der Waals surface area (Å²) in [6, 6.07) is -0.824. The molecule has 5 nitrogen and oxygen atoms in total. The second kappa shape index (κ2) is 52.9. The Morgan fingerprint density at radius 1 is 0.381 bits per heavy atom. The number of rotatable bonds is 51. The molecule has 0 radical (unpaired) electrons. The first-order chi connectivity index (χ1) is 31.1. The highest BCUT2D eigenvalue weighted by molar-refractivity contribution is 5.80. The van der Waals surface area contributed by atoms with Crippen molar-refractivity contribution in [1.29, 1.82) is 0 Å². The molecule has 0 bridgehead atoms. The molecule has 0 aromatic rings. The van der Waals surface area contributed by atoms with Gasteiger partial charge in [-0.3, -0.25) is 4.79 Å². The van der Waals surface area contributed by atoms with Gasteiger partial charge in [0.25, 0.3) is 0 Å². The minimum atomic E-state index is -1.11. The Hall–Kier alpha value is -1.69. The summed E-state index contributed by atoms with van der Waals surface area (Å²) < 4.78 is 0. The minimum absolute atomic E-state index is 0.382. The van der Waals surface area contributed by atoms with E-state index < -0.39 is 24.2 Å². The molecule has 0 spiro atoms. The third-order valence-electron chi connectivity index (χ3n) is 12.9. The van der Waals surface area contributed by atoms with Gasteiger partial charge in [-0.2, -0.15) is 0 Å². The van der Waals surface area contributed by atoms with Crippen LogP contribution in [0.5, 0.6) is 0 Å². The molecule has 0 aliphatic rings. The van der Waals surface area contributed by atoms with Crippen LogP contribution in [0.4, 0.5) is 0 Å². The van der Waals surface area contributed by atoms with Crippen LogP contribution < -0.4 is 5.32 Å². The van der Waals surface area contributed by atoms with E-state index in [1.54, 1.807) is 6.08 Å². The highest BCUT2D eigenvalue weighted by Gasteiger charge is 2.22. The van der Waals surface area contributed by atoms with E-state index in [2.05, 4.69) is 55.6 Å². The summed E-state index contributed by atoms with van der Waals surface area (Å²) >= 11 is 0. The van der Waals surface area contributed by atoms with Crippen LogP contribution in [0.2, 0.25) is 0 Å². The molecule has 4 N–H and O–H groups in total. The van der Waals surface area contributed by atoms with Gasteiger partial charge in [-0.25, -0.2) is 0 Å². The number of aliphatic hydroxyl groups is 3. The summed E-state index contributed by atoms with van der Waals surface area (Å²) in [7, 11) is 0. The van der Waals surface area contributed by atoms with Crippen LogP contribution in [0.25, 0.3) is 0 Å². The number of nitrogens with one attached hydrogen (secondary N) is 1. The number of carbonyl (C=O) groups is 1. The van der Waals surface area contributed by atoms with Gasteiger partial charge in [0.05, 0.1) is 18.8 Å². The quantitative estimate of drug-likeness (QED) is 0.0362. The van der Waals surface area contributed by atoms with Crippen molar-refractivity contribution in [3.05, 3.63) is 48.6 Å². The van der Waals surface area contributed by atoms with Gasteiger partial charge in [0.15, 0.2) is 0 Å². The lowest BCUT2D eigenvalue weighted by Crippen LogP contribution is -2.48. The zero-order valence-corrected chi connectivity index (χ0v) is 42.2.